The molecular weight excluding hydrogens is 251 g/mol. The van der Waals surface area contributed by atoms with Crippen LogP contribution in [0.4, 0.5) is 10.1 Å². The first kappa shape index (κ1) is 12.6. The van der Waals surface area contributed by atoms with Crippen LogP contribution in [0, 0.1) is 5.82 Å². The van der Waals surface area contributed by atoms with E-state index in [1.165, 1.54) is 23.1 Å². The predicted octanol–water partition coefficient (Wildman–Crippen LogP) is 2.44. The molecular formula is C13H13FN2OS. The maximum atomic E-state index is 13.1. The third-order valence-electron chi connectivity index (χ3n) is 2.42. The van der Waals surface area contributed by atoms with Crippen molar-refractivity contribution in [1.82, 2.24) is 5.32 Å². The van der Waals surface area contributed by atoms with Gasteiger partial charge < -0.3 is 11.1 Å². The number of thiophene rings is 1. The van der Waals surface area contributed by atoms with Gasteiger partial charge >= 0.3 is 0 Å². The summed E-state index contributed by atoms with van der Waals surface area (Å²) in [6, 6.07) is 7.80. The van der Waals surface area contributed by atoms with Crippen molar-refractivity contribution in [3.05, 3.63) is 52.0 Å². The standard InChI is InChI=1S/C13H13FN2OS/c14-10-6-9(7-11(15)8-10)13(17)16-4-3-12-2-1-5-18-12/h1-2,5-8H,3-4,15H2,(H,16,17). The lowest BCUT2D eigenvalue weighted by atomic mass is 10.2. The summed E-state index contributed by atoms with van der Waals surface area (Å²) in [6.45, 7) is 0.524. The largest absolute Gasteiger partial charge is 0.399 e. The molecule has 3 nitrogen and oxygen atoms in total. The number of carbonyl (C=O) groups is 1. The van der Waals surface area contributed by atoms with E-state index in [9.17, 15) is 9.18 Å². The van der Waals surface area contributed by atoms with Crippen molar-refractivity contribution >= 4 is 22.9 Å². The Morgan fingerprint density at radius 2 is 2.22 bits per heavy atom. The molecule has 0 unspecified atom stereocenters. The number of rotatable bonds is 4. The Hall–Kier alpha value is -1.88. The summed E-state index contributed by atoms with van der Waals surface area (Å²) in [5, 5.41) is 4.73. The summed E-state index contributed by atoms with van der Waals surface area (Å²) in [5.41, 5.74) is 5.98. The molecule has 0 saturated carbocycles. The van der Waals surface area contributed by atoms with Crippen molar-refractivity contribution in [1.29, 1.82) is 0 Å². The van der Waals surface area contributed by atoms with Crippen LogP contribution in [0.25, 0.3) is 0 Å². The van der Waals surface area contributed by atoms with Gasteiger partial charge in [0.15, 0.2) is 0 Å². The van der Waals surface area contributed by atoms with E-state index in [4.69, 9.17) is 5.73 Å². The van der Waals surface area contributed by atoms with E-state index < -0.39 is 5.82 Å². The fraction of sp³-hybridized carbons (Fsp3) is 0.154. The minimum absolute atomic E-state index is 0.249. The molecule has 0 radical (unpaired) electrons. The van der Waals surface area contributed by atoms with Gasteiger partial charge in [-0.25, -0.2) is 4.39 Å². The lowest BCUT2D eigenvalue weighted by molar-refractivity contribution is 0.0954. The first-order valence-corrected chi connectivity index (χ1v) is 6.40. The van der Waals surface area contributed by atoms with Gasteiger partial charge in [0.1, 0.15) is 5.82 Å². The SMILES string of the molecule is Nc1cc(F)cc(C(=O)NCCc2cccs2)c1. The first-order valence-electron chi connectivity index (χ1n) is 5.52. The van der Waals surface area contributed by atoms with E-state index in [-0.39, 0.29) is 17.2 Å². The Morgan fingerprint density at radius 1 is 1.39 bits per heavy atom. The fourth-order valence-corrected chi connectivity index (χ4v) is 2.31. The van der Waals surface area contributed by atoms with Crippen molar-refractivity contribution in [3.63, 3.8) is 0 Å². The summed E-state index contributed by atoms with van der Waals surface area (Å²) in [6.07, 6.45) is 0.772. The van der Waals surface area contributed by atoms with Crippen LogP contribution in [-0.2, 0) is 6.42 Å². The van der Waals surface area contributed by atoms with Gasteiger partial charge in [-0.1, -0.05) is 6.07 Å². The number of benzene rings is 1. The Bertz CT molecular complexity index is 520. The second-order valence-corrected chi connectivity index (χ2v) is 4.89. The van der Waals surface area contributed by atoms with Crippen LogP contribution in [0.2, 0.25) is 0 Å². The van der Waals surface area contributed by atoms with Gasteiger partial charge in [0.2, 0.25) is 0 Å². The van der Waals surface area contributed by atoms with Gasteiger partial charge in [0.05, 0.1) is 0 Å². The highest BCUT2D eigenvalue weighted by Gasteiger charge is 2.07. The Labute approximate surface area is 108 Å². The number of nitrogen functional groups attached to an aromatic ring is 1. The van der Waals surface area contributed by atoms with Crippen LogP contribution in [-0.4, -0.2) is 12.5 Å². The Kier molecular flexibility index (Phi) is 3.94. The Morgan fingerprint density at radius 3 is 2.89 bits per heavy atom. The van der Waals surface area contributed by atoms with E-state index >= 15 is 0 Å². The van der Waals surface area contributed by atoms with Crippen molar-refractivity contribution in [2.24, 2.45) is 0 Å². The molecule has 3 N–H and O–H groups in total. The zero-order valence-corrected chi connectivity index (χ0v) is 10.5. The molecule has 0 spiro atoms. The van der Waals surface area contributed by atoms with Gasteiger partial charge in [-0.15, -0.1) is 11.3 Å². The zero-order valence-electron chi connectivity index (χ0n) is 9.65. The van der Waals surface area contributed by atoms with E-state index in [1.807, 2.05) is 17.5 Å². The quantitative estimate of drug-likeness (QED) is 0.833. The zero-order chi connectivity index (χ0) is 13.0. The molecule has 0 aliphatic carbocycles. The molecule has 2 aromatic rings. The third-order valence-corrected chi connectivity index (χ3v) is 3.36. The summed E-state index contributed by atoms with van der Waals surface area (Å²) in [4.78, 5) is 13.0. The number of nitrogens with one attached hydrogen (secondary N) is 1. The smallest absolute Gasteiger partial charge is 0.251 e. The molecule has 1 heterocycles. The number of nitrogens with two attached hydrogens (primary N) is 1. The molecule has 1 amide bonds. The molecule has 18 heavy (non-hydrogen) atoms. The van der Waals surface area contributed by atoms with Gasteiger partial charge in [-0.3, -0.25) is 4.79 Å². The molecule has 5 heteroatoms. The highest BCUT2D eigenvalue weighted by atomic mass is 32.1. The number of anilines is 1. The summed E-state index contributed by atoms with van der Waals surface area (Å²) in [7, 11) is 0. The summed E-state index contributed by atoms with van der Waals surface area (Å²) < 4.78 is 13.1. The molecule has 0 aliphatic heterocycles. The molecule has 1 aromatic carbocycles. The molecule has 0 bridgehead atoms. The van der Waals surface area contributed by atoms with E-state index in [0.717, 1.165) is 6.42 Å². The van der Waals surface area contributed by atoms with Crippen LogP contribution in [0.1, 0.15) is 15.2 Å². The first-order chi connectivity index (χ1) is 8.65. The normalized spacial score (nSPS) is 10.3. The molecule has 0 atom stereocenters. The topological polar surface area (TPSA) is 55.1 Å². The maximum absolute atomic E-state index is 13.1. The summed E-state index contributed by atoms with van der Waals surface area (Å²) in [5.74, 6) is -0.809. The molecule has 2 rings (SSSR count). The number of hydrogen-bond acceptors (Lipinski definition) is 3. The van der Waals surface area contributed by atoms with Crippen molar-refractivity contribution in [2.75, 3.05) is 12.3 Å². The van der Waals surface area contributed by atoms with Crippen molar-refractivity contribution < 1.29 is 9.18 Å². The number of hydrogen-bond donors (Lipinski definition) is 2. The average molecular weight is 264 g/mol. The number of carbonyl (C=O) groups excluding carboxylic acids is 1. The molecule has 1 aromatic heterocycles. The van der Waals surface area contributed by atoms with Crippen LogP contribution in [0.3, 0.4) is 0 Å². The van der Waals surface area contributed by atoms with Gasteiger partial charge in [-0.2, -0.15) is 0 Å². The number of amides is 1. The van der Waals surface area contributed by atoms with Gasteiger partial charge in [0.25, 0.3) is 5.91 Å². The van der Waals surface area contributed by atoms with Crippen LogP contribution in [0.15, 0.2) is 35.7 Å². The lowest BCUT2D eigenvalue weighted by Gasteiger charge is -2.05. The second-order valence-electron chi connectivity index (χ2n) is 3.86. The average Bonchev–Trinajstić information content (AvgIpc) is 2.80. The summed E-state index contributed by atoms with van der Waals surface area (Å²) >= 11 is 1.64. The second kappa shape index (κ2) is 5.64. The predicted molar refractivity (Wildman–Crippen MR) is 71.2 cm³/mol. The van der Waals surface area contributed by atoms with Gasteiger partial charge in [0, 0.05) is 22.7 Å². The highest BCUT2D eigenvalue weighted by molar-refractivity contribution is 7.09. The molecule has 0 fully saturated rings. The lowest BCUT2D eigenvalue weighted by Crippen LogP contribution is -2.25. The van der Waals surface area contributed by atoms with Crippen LogP contribution in [0.5, 0.6) is 0 Å². The minimum Gasteiger partial charge on any atom is -0.399 e. The fourth-order valence-electron chi connectivity index (χ4n) is 1.60. The van der Waals surface area contributed by atoms with E-state index in [0.29, 0.717) is 6.54 Å². The Balaban J connectivity index is 1.91. The van der Waals surface area contributed by atoms with Gasteiger partial charge in [-0.05, 0) is 36.1 Å². The number of halogens is 1. The van der Waals surface area contributed by atoms with Crippen molar-refractivity contribution in [3.8, 4) is 0 Å². The molecule has 0 aliphatic rings. The minimum atomic E-state index is -0.501. The van der Waals surface area contributed by atoms with E-state index in [1.54, 1.807) is 11.3 Å². The monoisotopic (exact) mass is 264 g/mol. The maximum Gasteiger partial charge on any atom is 0.251 e. The third kappa shape index (κ3) is 3.30. The highest BCUT2D eigenvalue weighted by Crippen LogP contribution is 2.11. The van der Waals surface area contributed by atoms with Crippen molar-refractivity contribution in [2.45, 2.75) is 6.42 Å². The van der Waals surface area contributed by atoms with Crippen LogP contribution < -0.4 is 11.1 Å². The molecule has 0 saturated heterocycles. The molecule has 94 valence electrons. The van der Waals surface area contributed by atoms with Crippen LogP contribution >= 0.6 is 11.3 Å². The van der Waals surface area contributed by atoms with E-state index in [2.05, 4.69) is 5.32 Å².